The van der Waals surface area contributed by atoms with Gasteiger partial charge < -0.3 is 4.74 Å². The Morgan fingerprint density at radius 2 is 1.79 bits per heavy atom. The van der Waals surface area contributed by atoms with E-state index < -0.39 is 17.0 Å². The molecule has 1 aromatic carbocycles. The molecule has 5 rings (SSSR count). The van der Waals surface area contributed by atoms with Crippen molar-refractivity contribution < 1.29 is 19.2 Å². The molecule has 0 amide bonds. The van der Waals surface area contributed by atoms with Crippen LogP contribution in [0.1, 0.15) is 51.0 Å². The molecular weight excluding hydrogens is 358 g/mol. The van der Waals surface area contributed by atoms with Gasteiger partial charge in [-0.15, -0.1) is 0 Å². The summed E-state index contributed by atoms with van der Waals surface area (Å²) in [5.74, 6) is 1.45. The van der Waals surface area contributed by atoms with Crippen molar-refractivity contribution in [3.63, 3.8) is 0 Å². The lowest BCUT2D eigenvalue weighted by atomic mass is 9.48. The third kappa shape index (κ3) is 3.60. The van der Waals surface area contributed by atoms with Gasteiger partial charge in [0.2, 0.25) is 0 Å². The van der Waals surface area contributed by atoms with Gasteiger partial charge >= 0.3 is 5.97 Å². The zero-order valence-corrected chi connectivity index (χ0v) is 16.0. The molecule has 0 aliphatic heterocycles. The fourth-order valence-electron chi connectivity index (χ4n) is 6.02. The molecule has 28 heavy (non-hydrogen) atoms. The summed E-state index contributed by atoms with van der Waals surface area (Å²) in [5.41, 5.74) is 0.199. The zero-order chi connectivity index (χ0) is 19.9. The number of rotatable bonds is 6. The average molecular weight is 383 g/mol. The van der Waals surface area contributed by atoms with E-state index in [1.54, 1.807) is 19.1 Å². The summed E-state index contributed by atoms with van der Waals surface area (Å²) in [7, 11) is 0. The maximum atomic E-state index is 13.1. The van der Waals surface area contributed by atoms with Crippen molar-refractivity contribution in [1.29, 1.82) is 0 Å². The number of nitro benzene ring substituents is 1. The molecule has 0 aromatic heterocycles. The number of nitrogens with zero attached hydrogens (tertiary/aromatic N) is 1. The first-order valence-corrected chi connectivity index (χ1v) is 10.0. The van der Waals surface area contributed by atoms with E-state index in [9.17, 15) is 19.7 Å². The lowest BCUT2D eigenvalue weighted by molar-refractivity contribution is -0.384. The van der Waals surface area contributed by atoms with Gasteiger partial charge in [0.15, 0.2) is 11.9 Å². The van der Waals surface area contributed by atoms with Crippen LogP contribution < -0.4 is 0 Å². The third-order valence-electron chi connectivity index (χ3n) is 6.72. The Balaban J connectivity index is 1.39. The number of carbonyl (C=O) groups excluding carboxylic acids is 2. The maximum absolute atomic E-state index is 13.1. The molecule has 148 valence electrons. The molecule has 4 bridgehead atoms. The first-order chi connectivity index (χ1) is 13.3. The van der Waals surface area contributed by atoms with Crippen molar-refractivity contribution in [2.24, 2.45) is 23.2 Å². The van der Waals surface area contributed by atoms with Gasteiger partial charge in [0.05, 0.1) is 4.92 Å². The minimum absolute atomic E-state index is 0.0409. The highest BCUT2D eigenvalue weighted by Gasteiger charge is 2.55. The van der Waals surface area contributed by atoms with Gasteiger partial charge in [-0.05, 0) is 74.8 Å². The molecule has 1 aromatic rings. The number of nitro groups is 1. The van der Waals surface area contributed by atoms with Crippen LogP contribution in [0.4, 0.5) is 5.69 Å². The van der Waals surface area contributed by atoms with E-state index in [4.69, 9.17) is 4.74 Å². The fourth-order valence-corrected chi connectivity index (χ4v) is 6.02. The molecule has 6 nitrogen and oxygen atoms in total. The topological polar surface area (TPSA) is 86.5 Å². The summed E-state index contributed by atoms with van der Waals surface area (Å²) in [5, 5.41) is 10.8. The van der Waals surface area contributed by atoms with E-state index in [1.807, 2.05) is 0 Å². The van der Waals surface area contributed by atoms with E-state index in [1.165, 1.54) is 43.5 Å². The van der Waals surface area contributed by atoms with Gasteiger partial charge in [-0.3, -0.25) is 14.9 Å². The molecule has 4 saturated carbocycles. The largest absolute Gasteiger partial charge is 0.451 e. The normalized spacial score (nSPS) is 31.7. The van der Waals surface area contributed by atoms with Crippen LogP contribution in [0, 0.1) is 33.3 Å². The molecule has 4 aliphatic carbocycles. The second-order valence-electron chi connectivity index (χ2n) is 8.83. The summed E-state index contributed by atoms with van der Waals surface area (Å²) in [6.07, 6.45) is 8.54. The lowest BCUT2D eigenvalue weighted by Gasteiger charge is -2.56. The number of non-ortho nitro benzene ring substituents is 1. The highest BCUT2D eigenvalue weighted by Crippen LogP contribution is 2.60. The summed E-state index contributed by atoms with van der Waals surface area (Å²) in [4.78, 5) is 35.7. The maximum Gasteiger partial charge on any atom is 0.331 e. The summed E-state index contributed by atoms with van der Waals surface area (Å²) < 4.78 is 5.39. The molecule has 0 N–H and O–H groups in total. The van der Waals surface area contributed by atoms with E-state index in [0.29, 0.717) is 23.3 Å². The standard InChI is InChI=1S/C22H25NO5/c1-14(21(25)22-11-16-7-17(12-22)9-18(8-16)13-22)28-20(24)6-5-15-3-2-4-19(10-15)23(26)27/h2-6,10,14,16-18H,7-9,11-13H2,1H3/b6-5+/t14-,16?,17?,18?,22?/m0/s1. The van der Waals surface area contributed by atoms with Crippen LogP contribution in [0.3, 0.4) is 0 Å². The van der Waals surface area contributed by atoms with Gasteiger partial charge in [0.25, 0.3) is 5.69 Å². The number of hydrogen-bond acceptors (Lipinski definition) is 5. The Morgan fingerprint density at radius 3 is 2.36 bits per heavy atom. The van der Waals surface area contributed by atoms with Crippen LogP contribution >= 0.6 is 0 Å². The highest BCUT2D eigenvalue weighted by molar-refractivity contribution is 5.93. The SMILES string of the molecule is C[C@H](OC(=O)/C=C/c1cccc([N+](=O)[O-])c1)C(=O)C12CC3CC(CC(C3)C1)C2. The van der Waals surface area contributed by atoms with Gasteiger partial charge in [-0.1, -0.05) is 12.1 Å². The van der Waals surface area contributed by atoms with Crippen molar-refractivity contribution in [3.8, 4) is 0 Å². The second-order valence-corrected chi connectivity index (χ2v) is 8.83. The molecule has 0 heterocycles. The van der Waals surface area contributed by atoms with Crippen LogP contribution in [0.15, 0.2) is 30.3 Å². The fraction of sp³-hybridized carbons (Fsp3) is 0.545. The number of ketones is 1. The minimum atomic E-state index is -0.765. The highest BCUT2D eigenvalue weighted by atomic mass is 16.6. The first kappa shape index (κ1) is 18.8. The molecule has 0 spiro atoms. The number of esters is 1. The summed E-state index contributed by atoms with van der Waals surface area (Å²) in [6.45, 7) is 1.67. The number of carbonyl (C=O) groups is 2. The Hall–Kier alpha value is -2.50. The zero-order valence-electron chi connectivity index (χ0n) is 16.0. The van der Waals surface area contributed by atoms with Crippen LogP contribution in [0.25, 0.3) is 6.08 Å². The third-order valence-corrected chi connectivity index (χ3v) is 6.72. The number of ether oxygens (including phenoxy) is 1. The lowest BCUT2D eigenvalue weighted by Crippen LogP contribution is -2.52. The van der Waals surface area contributed by atoms with Crippen molar-refractivity contribution >= 4 is 23.5 Å². The minimum Gasteiger partial charge on any atom is -0.451 e. The number of hydrogen-bond donors (Lipinski definition) is 0. The molecule has 6 heteroatoms. The van der Waals surface area contributed by atoms with Gasteiger partial charge in [-0.2, -0.15) is 0 Å². The molecule has 0 saturated heterocycles. The van der Waals surface area contributed by atoms with Crippen molar-refractivity contribution in [2.75, 3.05) is 0 Å². The molecule has 1 atom stereocenters. The number of benzene rings is 1. The van der Waals surface area contributed by atoms with Gasteiger partial charge in [-0.25, -0.2) is 4.79 Å². The average Bonchev–Trinajstić information content (AvgIpc) is 2.65. The van der Waals surface area contributed by atoms with E-state index in [0.717, 1.165) is 19.3 Å². The molecule has 0 radical (unpaired) electrons. The Bertz CT molecular complexity index is 808. The molecule has 4 fully saturated rings. The van der Waals surface area contributed by atoms with Gasteiger partial charge in [0, 0.05) is 23.6 Å². The van der Waals surface area contributed by atoms with Crippen LogP contribution in [0.2, 0.25) is 0 Å². The summed E-state index contributed by atoms with van der Waals surface area (Å²) in [6, 6.07) is 6.00. The Labute approximate surface area is 164 Å². The predicted octanol–water partition coefficient (Wildman–Crippen LogP) is 4.33. The molecular formula is C22H25NO5. The summed E-state index contributed by atoms with van der Waals surface area (Å²) >= 11 is 0. The first-order valence-electron chi connectivity index (χ1n) is 10.0. The van der Waals surface area contributed by atoms with Crippen LogP contribution in [-0.2, 0) is 14.3 Å². The number of Topliss-reactive ketones (excluding diaryl/α,β-unsaturated/α-hetero) is 1. The second kappa shape index (κ2) is 7.15. The Morgan fingerprint density at radius 1 is 1.18 bits per heavy atom. The molecule has 0 unspecified atom stereocenters. The van der Waals surface area contributed by atoms with Crippen LogP contribution in [-0.4, -0.2) is 22.8 Å². The van der Waals surface area contributed by atoms with Crippen LogP contribution in [0.5, 0.6) is 0 Å². The van der Waals surface area contributed by atoms with Crippen molar-refractivity contribution in [2.45, 2.75) is 51.6 Å². The van der Waals surface area contributed by atoms with Crippen molar-refractivity contribution in [1.82, 2.24) is 0 Å². The van der Waals surface area contributed by atoms with E-state index in [-0.39, 0.29) is 16.9 Å². The monoisotopic (exact) mass is 383 g/mol. The van der Waals surface area contributed by atoms with E-state index in [2.05, 4.69) is 0 Å². The predicted molar refractivity (Wildman–Crippen MR) is 103 cm³/mol. The smallest absolute Gasteiger partial charge is 0.331 e. The van der Waals surface area contributed by atoms with E-state index >= 15 is 0 Å². The Kier molecular flexibility index (Phi) is 4.81. The van der Waals surface area contributed by atoms with Gasteiger partial charge in [0.1, 0.15) is 0 Å². The van der Waals surface area contributed by atoms with Crippen molar-refractivity contribution in [3.05, 3.63) is 46.0 Å². The quantitative estimate of drug-likeness (QED) is 0.316. The molecule has 4 aliphatic rings.